The van der Waals surface area contributed by atoms with E-state index in [0.717, 1.165) is 0 Å². The highest BCUT2D eigenvalue weighted by Crippen LogP contribution is 1.67. The van der Waals surface area contributed by atoms with Gasteiger partial charge in [-0.2, -0.15) is 0 Å². The smallest absolute Gasteiger partial charge is 0.0192 e. The Morgan fingerprint density at radius 3 is 2.00 bits per heavy atom. The third-order valence-electron chi connectivity index (χ3n) is 0.369. The molecule has 0 heterocycles. The SMILES string of the molecule is C#CC#CC#CC#CI. The molecule has 0 unspecified atom stereocenters. The van der Waals surface area contributed by atoms with Crippen molar-refractivity contribution in [2.45, 2.75) is 0 Å². The van der Waals surface area contributed by atoms with Crippen LogP contribution in [-0.2, 0) is 0 Å². The zero-order valence-electron chi connectivity index (χ0n) is 4.46. The molecule has 9 heavy (non-hydrogen) atoms. The minimum atomic E-state index is 1.90. The predicted molar refractivity (Wildman–Crippen MR) is 46.2 cm³/mol. The molecule has 40 valence electrons. The molecular formula is C8HI. The molecule has 0 rings (SSSR count). The Labute approximate surface area is 68.6 Å². The minimum absolute atomic E-state index is 1.90. The molecule has 0 aliphatic heterocycles. The van der Waals surface area contributed by atoms with Gasteiger partial charge in [0.15, 0.2) is 0 Å². The topological polar surface area (TPSA) is 0 Å². The summed E-state index contributed by atoms with van der Waals surface area (Å²) >= 11 is 1.90. The first-order chi connectivity index (χ1) is 4.41. The van der Waals surface area contributed by atoms with Crippen LogP contribution in [0.2, 0.25) is 0 Å². The van der Waals surface area contributed by atoms with Crippen LogP contribution in [0.25, 0.3) is 0 Å². The second-order valence-corrected chi connectivity index (χ2v) is 1.40. The molecule has 0 amide bonds. The van der Waals surface area contributed by atoms with Crippen LogP contribution in [0.3, 0.4) is 0 Å². The fraction of sp³-hybridized carbons (Fsp3) is 0. The molecule has 0 nitrogen and oxygen atoms in total. The van der Waals surface area contributed by atoms with Crippen LogP contribution in [0.1, 0.15) is 0 Å². The van der Waals surface area contributed by atoms with Crippen LogP contribution in [0.4, 0.5) is 0 Å². The van der Waals surface area contributed by atoms with E-state index in [1.807, 2.05) is 22.6 Å². The molecule has 0 radical (unpaired) electrons. The van der Waals surface area contributed by atoms with Crippen molar-refractivity contribution in [3.8, 4) is 45.9 Å². The maximum Gasteiger partial charge on any atom is 0.0192 e. The molecule has 0 spiro atoms. The van der Waals surface area contributed by atoms with E-state index in [1.165, 1.54) is 0 Å². The van der Waals surface area contributed by atoms with Crippen LogP contribution in [0.15, 0.2) is 0 Å². The van der Waals surface area contributed by atoms with E-state index in [-0.39, 0.29) is 0 Å². The molecule has 0 saturated heterocycles. The van der Waals surface area contributed by atoms with Crippen molar-refractivity contribution in [1.82, 2.24) is 0 Å². The van der Waals surface area contributed by atoms with Gasteiger partial charge in [-0.05, 0) is 39.4 Å². The van der Waals surface area contributed by atoms with Gasteiger partial charge >= 0.3 is 0 Å². The lowest BCUT2D eigenvalue weighted by Gasteiger charge is -1.51. The van der Waals surface area contributed by atoms with E-state index >= 15 is 0 Å². The lowest BCUT2D eigenvalue weighted by molar-refractivity contribution is 2.40. The Bertz CT molecular complexity index is 285. The van der Waals surface area contributed by atoms with Crippen molar-refractivity contribution in [2.75, 3.05) is 0 Å². The first-order valence-corrected chi connectivity index (χ1v) is 3.06. The van der Waals surface area contributed by atoms with Gasteiger partial charge in [0.25, 0.3) is 0 Å². The maximum atomic E-state index is 4.81. The summed E-state index contributed by atoms with van der Waals surface area (Å²) in [7, 11) is 0. The summed E-state index contributed by atoms with van der Waals surface area (Å²) in [4.78, 5) is 0. The predicted octanol–water partition coefficient (Wildman–Crippen LogP) is 1.02. The monoisotopic (exact) mass is 224 g/mol. The van der Waals surface area contributed by atoms with Crippen molar-refractivity contribution in [3.63, 3.8) is 0 Å². The van der Waals surface area contributed by atoms with Crippen molar-refractivity contribution >= 4 is 22.6 Å². The van der Waals surface area contributed by atoms with Gasteiger partial charge in [0.05, 0.1) is 0 Å². The van der Waals surface area contributed by atoms with Crippen molar-refractivity contribution < 1.29 is 0 Å². The second kappa shape index (κ2) is 6.97. The molecule has 1 heteroatoms. The van der Waals surface area contributed by atoms with Crippen LogP contribution < -0.4 is 0 Å². The van der Waals surface area contributed by atoms with Crippen molar-refractivity contribution in [3.05, 3.63) is 0 Å². The molecule has 0 aliphatic carbocycles. The standard InChI is InChI=1S/C8HI/c1-2-3-4-5-6-7-8-9/h1H. The van der Waals surface area contributed by atoms with Crippen LogP contribution in [0.5, 0.6) is 0 Å². The molecule has 0 fully saturated rings. The molecule has 0 aromatic carbocycles. The summed E-state index contributed by atoms with van der Waals surface area (Å²) in [5.41, 5.74) is 0. The number of rotatable bonds is 0. The highest BCUT2D eigenvalue weighted by atomic mass is 127. The Kier molecular flexibility index (Phi) is 6.17. The molecule has 0 bridgehead atoms. The first-order valence-electron chi connectivity index (χ1n) is 1.98. The fourth-order valence-corrected chi connectivity index (χ4v) is 0.288. The van der Waals surface area contributed by atoms with Gasteiger partial charge in [0, 0.05) is 22.6 Å². The third kappa shape index (κ3) is 6.97. The zero-order valence-corrected chi connectivity index (χ0v) is 6.61. The largest absolute Gasteiger partial charge is 0.106 e. The van der Waals surface area contributed by atoms with Gasteiger partial charge in [-0.15, -0.1) is 6.42 Å². The number of hydrogen-bond acceptors (Lipinski definition) is 0. The number of terminal acetylenes is 1. The molecule has 0 aromatic rings. The van der Waals surface area contributed by atoms with E-state index in [9.17, 15) is 0 Å². The van der Waals surface area contributed by atoms with Crippen LogP contribution in [-0.4, -0.2) is 0 Å². The normalized spacial score (nSPS) is 3.56. The molecule has 0 saturated carbocycles. The lowest BCUT2D eigenvalue weighted by Crippen LogP contribution is -1.49. The average molecular weight is 224 g/mol. The summed E-state index contributed by atoms with van der Waals surface area (Å²) in [6.45, 7) is 0. The van der Waals surface area contributed by atoms with Crippen molar-refractivity contribution in [1.29, 1.82) is 0 Å². The average Bonchev–Trinajstić information content (AvgIpc) is 1.89. The van der Waals surface area contributed by atoms with E-state index in [2.05, 4.69) is 39.4 Å². The lowest BCUT2D eigenvalue weighted by atomic mass is 10.5. The molecule has 0 aliphatic rings. The van der Waals surface area contributed by atoms with Crippen LogP contribution in [0, 0.1) is 45.9 Å². The molecule has 0 aromatic heterocycles. The van der Waals surface area contributed by atoms with Gasteiger partial charge in [-0.1, -0.05) is 0 Å². The van der Waals surface area contributed by atoms with E-state index in [1.54, 1.807) is 0 Å². The summed E-state index contributed by atoms with van der Waals surface area (Å²) in [6, 6.07) is 0. The summed E-state index contributed by atoms with van der Waals surface area (Å²) in [5, 5.41) is 0. The summed E-state index contributed by atoms with van der Waals surface area (Å²) < 4.78 is 2.57. The third-order valence-corrected chi connectivity index (χ3v) is 0.639. The Morgan fingerprint density at radius 1 is 0.889 bits per heavy atom. The van der Waals surface area contributed by atoms with Gasteiger partial charge in [-0.25, -0.2) is 0 Å². The quantitative estimate of drug-likeness (QED) is 0.425. The molecule has 0 N–H and O–H groups in total. The molecule has 0 atom stereocenters. The van der Waals surface area contributed by atoms with E-state index in [4.69, 9.17) is 6.42 Å². The van der Waals surface area contributed by atoms with E-state index < -0.39 is 0 Å². The summed E-state index contributed by atoms with van der Waals surface area (Å²) in [6.07, 6.45) is 4.81. The number of hydrogen-bond donors (Lipinski definition) is 0. The number of halogens is 1. The van der Waals surface area contributed by atoms with E-state index in [0.29, 0.717) is 0 Å². The Morgan fingerprint density at radius 2 is 1.44 bits per heavy atom. The zero-order chi connectivity index (χ0) is 6.95. The van der Waals surface area contributed by atoms with Crippen LogP contribution >= 0.6 is 22.6 Å². The highest BCUT2D eigenvalue weighted by molar-refractivity contribution is 14.1. The van der Waals surface area contributed by atoms with Gasteiger partial charge in [0.2, 0.25) is 0 Å². The minimum Gasteiger partial charge on any atom is -0.106 e. The highest BCUT2D eigenvalue weighted by Gasteiger charge is 1.51. The van der Waals surface area contributed by atoms with Gasteiger partial charge in [0.1, 0.15) is 0 Å². The Hall–Kier alpha value is -1.03. The molecular weight excluding hydrogens is 223 g/mol. The maximum absolute atomic E-state index is 4.81. The summed E-state index contributed by atoms with van der Waals surface area (Å²) in [5.74, 6) is 14.3. The van der Waals surface area contributed by atoms with Gasteiger partial charge in [-0.3, -0.25) is 0 Å². The Balaban J connectivity index is 3.90. The van der Waals surface area contributed by atoms with Gasteiger partial charge < -0.3 is 0 Å². The first kappa shape index (κ1) is 7.97. The van der Waals surface area contributed by atoms with Crippen molar-refractivity contribution in [2.24, 2.45) is 0 Å². The fourth-order valence-electron chi connectivity index (χ4n) is 0.153. The second-order valence-electron chi connectivity index (χ2n) is 0.864.